The number of H-pyrrole nitrogens is 1. The Morgan fingerprint density at radius 3 is 2.91 bits per heavy atom. The van der Waals surface area contributed by atoms with Gasteiger partial charge in [0, 0.05) is 18.4 Å². The van der Waals surface area contributed by atoms with E-state index in [1.807, 2.05) is 6.92 Å². The van der Waals surface area contributed by atoms with Crippen molar-refractivity contribution < 1.29 is 19.2 Å². The Balaban J connectivity index is 1.74. The first kappa shape index (κ1) is 15.3. The van der Waals surface area contributed by atoms with E-state index in [9.17, 15) is 14.7 Å². The summed E-state index contributed by atoms with van der Waals surface area (Å²) in [6.07, 6.45) is 2.46. The molecule has 1 aliphatic heterocycles. The van der Waals surface area contributed by atoms with E-state index >= 15 is 0 Å². The highest BCUT2D eigenvalue weighted by Crippen LogP contribution is 2.23. The molecule has 0 aromatic carbocycles. The van der Waals surface area contributed by atoms with Gasteiger partial charge < -0.3 is 19.5 Å². The number of aromatic nitrogens is 3. The molecule has 2 aromatic rings. The molecule has 0 spiro atoms. The average Bonchev–Trinajstić information content (AvgIpc) is 3.10. The number of fused-ring (bicyclic) bond motifs is 1. The maximum atomic E-state index is 12.5. The number of aliphatic carboxylic acids is 1. The number of carbonyl (C=O) groups is 2. The molecule has 2 N–H and O–H groups in total. The van der Waals surface area contributed by atoms with Crippen LogP contribution in [0.4, 0.5) is 0 Å². The Hall–Kier alpha value is -2.64. The largest absolute Gasteiger partial charge is 0.480 e. The summed E-state index contributed by atoms with van der Waals surface area (Å²) in [5.41, 5.74) is 3.18. The van der Waals surface area contributed by atoms with Crippen molar-refractivity contribution in [3.8, 4) is 0 Å². The molecule has 1 amide bonds. The Labute approximate surface area is 132 Å². The third-order valence-corrected chi connectivity index (χ3v) is 4.27. The Kier molecular flexibility index (Phi) is 3.89. The summed E-state index contributed by atoms with van der Waals surface area (Å²) in [4.78, 5) is 32.5. The Morgan fingerprint density at radius 2 is 2.26 bits per heavy atom. The van der Waals surface area contributed by atoms with Crippen molar-refractivity contribution in [1.82, 2.24) is 20.0 Å². The van der Waals surface area contributed by atoms with Crippen LogP contribution >= 0.6 is 0 Å². The van der Waals surface area contributed by atoms with Gasteiger partial charge in [-0.1, -0.05) is 5.16 Å². The second kappa shape index (κ2) is 5.86. The minimum Gasteiger partial charge on any atom is -0.480 e. The van der Waals surface area contributed by atoms with Gasteiger partial charge in [0.25, 0.3) is 0 Å². The van der Waals surface area contributed by atoms with E-state index in [4.69, 9.17) is 4.52 Å². The molecule has 1 unspecified atom stereocenters. The number of hydrogen-bond acceptors (Lipinski definition) is 5. The van der Waals surface area contributed by atoms with E-state index in [1.165, 1.54) is 11.2 Å². The van der Waals surface area contributed by atoms with Gasteiger partial charge in [-0.2, -0.15) is 0 Å². The average molecular weight is 318 g/mol. The number of nitrogens with zero attached hydrogens (tertiary/aromatic N) is 3. The molecule has 3 rings (SSSR count). The number of carboxylic acids is 1. The normalized spacial score (nSPS) is 17.1. The summed E-state index contributed by atoms with van der Waals surface area (Å²) < 4.78 is 5.09. The number of rotatable bonds is 4. The highest BCUT2D eigenvalue weighted by molar-refractivity contribution is 5.84. The smallest absolute Gasteiger partial charge is 0.326 e. The van der Waals surface area contributed by atoms with Gasteiger partial charge in [0.15, 0.2) is 0 Å². The zero-order valence-corrected chi connectivity index (χ0v) is 13.0. The van der Waals surface area contributed by atoms with Crippen LogP contribution in [0.2, 0.25) is 0 Å². The van der Waals surface area contributed by atoms with Gasteiger partial charge in [-0.3, -0.25) is 4.79 Å². The van der Waals surface area contributed by atoms with Gasteiger partial charge in [0.1, 0.15) is 11.8 Å². The molecular weight excluding hydrogens is 300 g/mol. The molecule has 1 atom stereocenters. The zero-order chi connectivity index (χ0) is 16.6. The van der Waals surface area contributed by atoms with Gasteiger partial charge in [-0.15, -0.1) is 0 Å². The second-order valence-corrected chi connectivity index (χ2v) is 5.71. The molecule has 0 aliphatic carbocycles. The molecule has 23 heavy (non-hydrogen) atoms. The number of carboxylic acid groups (broad SMARTS) is 1. The summed E-state index contributed by atoms with van der Waals surface area (Å²) in [6, 6.07) is -0.872. The molecule has 1 aliphatic rings. The number of imidazole rings is 1. The van der Waals surface area contributed by atoms with Crippen LogP contribution < -0.4 is 0 Å². The number of aromatic amines is 1. The third kappa shape index (κ3) is 2.84. The van der Waals surface area contributed by atoms with Gasteiger partial charge in [-0.05, 0) is 20.3 Å². The van der Waals surface area contributed by atoms with E-state index in [0.29, 0.717) is 17.9 Å². The lowest BCUT2D eigenvalue weighted by Gasteiger charge is -2.32. The predicted molar refractivity (Wildman–Crippen MR) is 78.6 cm³/mol. The lowest BCUT2D eigenvalue weighted by Crippen LogP contribution is -2.48. The number of aryl methyl sites for hydroxylation is 2. The van der Waals surface area contributed by atoms with Crippen molar-refractivity contribution in [1.29, 1.82) is 0 Å². The van der Waals surface area contributed by atoms with Gasteiger partial charge >= 0.3 is 5.97 Å². The van der Waals surface area contributed by atoms with Crippen molar-refractivity contribution in [3.05, 3.63) is 34.7 Å². The molecule has 122 valence electrons. The number of amides is 1. The van der Waals surface area contributed by atoms with Crippen molar-refractivity contribution in [3.63, 3.8) is 0 Å². The maximum Gasteiger partial charge on any atom is 0.326 e. The van der Waals surface area contributed by atoms with E-state index in [0.717, 1.165) is 17.0 Å². The zero-order valence-electron chi connectivity index (χ0n) is 13.0. The third-order valence-electron chi connectivity index (χ3n) is 4.27. The second-order valence-electron chi connectivity index (χ2n) is 5.71. The molecule has 3 heterocycles. The van der Waals surface area contributed by atoms with Gasteiger partial charge in [0.05, 0.1) is 30.0 Å². The fraction of sp³-hybridized carbons (Fsp3) is 0.467. The van der Waals surface area contributed by atoms with Crippen molar-refractivity contribution >= 4 is 11.9 Å². The summed E-state index contributed by atoms with van der Waals surface area (Å²) >= 11 is 0. The fourth-order valence-corrected chi connectivity index (χ4v) is 2.95. The van der Waals surface area contributed by atoms with Crippen LogP contribution in [0, 0.1) is 13.8 Å². The monoisotopic (exact) mass is 318 g/mol. The molecule has 8 heteroatoms. The summed E-state index contributed by atoms with van der Waals surface area (Å²) in [5, 5.41) is 13.3. The fourth-order valence-electron chi connectivity index (χ4n) is 2.95. The number of nitrogens with one attached hydrogen (secondary N) is 1. The minimum absolute atomic E-state index is 0.197. The van der Waals surface area contributed by atoms with Gasteiger partial charge in [0.2, 0.25) is 5.91 Å². The summed E-state index contributed by atoms with van der Waals surface area (Å²) in [7, 11) is 0. The van der Waals surface area contributed by atoms with Crippen LogP contribution in [-0.2, 0) is 29.0 Å². The summed E-state index contributed by atoms with van der Waals surface area (Å²) in [5.74, 6) is -0.512. The lowest BCUT2D eigenvalue weighted by atomic mass is 10.0. The van der Waals surface area contributed by atoms with Crippen LogP contribution in [0.15, 0.2) is 10.9 Å². The van der Waals surface area contributed by atoms with Crippen LogP contribution in [0.3, 0.4) is 0 Å². The molecular formula is C15H18N4O4. The molecule has 0 radical (unpaired) electrons. The number of carbonyl (C=O) groups excluding carboxylic acids is 1. The van der Waals surface area contributed by atoms with E-state index in [1.54, 1.807) is 6.92 Å². The van der Waals surface area contributed by atoms with Crippen LogP contribution in [-0.4, -0.2) is 43.0 Å². The first-order chi connectivity index (χ1) is 11.0. The SMILES string of the molecule is Cc1noc(C)c1CCC(=O)N1Cc2[nH]cnc2CC1C(=O)O. The standard InChI is InChI=1S/C15H18N4O4/c1-8-10(9(2)23-18-8)3-4-14(20)19-6-12-11(16-7-17-12)5-13(19)15(21)22/h7,13H,3-6H2,1-2H3,(H,16,17)(H,21,22). The highest BCUT2D eigenvalue weighted by Gasteiger charge is 2.35. The molecule has 0 saturated carbocycles. The molecule has 0 bridgehead atoms. The molecule has 0 saturated heterocycles. The van der Waals surface area contributed by atoms with E-state index in [-0.39, 0.29) is 25.3 Å². The van der Waals surface area contributed by atoms with Crippen molar-refractivity contribution in [2.24, 2.45) is 0 Å². The molecule has 8 nitrogen and oxygen atoms in total. The Morgan fingerprint density at radius 1 is 1.48 bits per heavy atom. The first-order valence-electron chi connectivity index (χ1n) is 7.42. The van der Waals surface area contributed by atoms with E-state index in [2.05, 4.69) is 15.1 Å². The highest BCUT2D eigenvalue weighted by atomic mass is 16.5. The first-order valence-corrected chi connectivity index (χ1v) is 7.42. The maximum absolute atomic E-state index is 12.5. The topological polar surface area (TPSA) is 112 Å². The van der Waals surface area contributed by atoms with Crippen molar-refractivity contribution in [2.75, 3.05) is 0 Å². The lowest BCUT2D eigenvalue weighted by molar-refractivity contribution is -0.151. The van der Waals surface area contributed by atoms with Crippen LogP contribution in [0.5, 0.6) is 0 Å². The van der Waals surface area contributed by atoms with Crippen LogP contribution in [0.1, 0.15) is 34.8 Å². The van der Waals surface area contributed by atoms with Crippen molar-refractivity contribution in [2.45, 2.75) is 45.7 Å². The molecule has 2 aromatic heterocycles. The number of hydrogen-bond donors (Lipinski definition) is 2. The minimum atomic E-state index is -1.01. The predicted octanol–water partition coefficient (Wildman–Crippen LogP) is 0.985. The molecule has 0 fully saturated rings. The van der Waals surface area contributed by atoms with E-state index < -0.39 is 12.0 Å². The quantitative estimate of drug-likeness (QED) is 0.869. The summed E-state index contributed by atoms with van der Waals surface area (Å²) in [6.45, 7) is 3.87. The Bertz CT molecular complexity index is 729. The van der Waals surface area contributed by atoms with Crippen LogP contribution in [0.25, 0.3) is 0 Å². The van der Waals surface area contributed by atoms with Gasteiger partial charge in [-0.25, -0.2) is 9.78 Å².